The van der Waals surface area contributed by atoms with E-state index in [1.807, 2.05) is 25.1 Å². The Balaban J connectivity index is 1.44. The number of benzene rings is 2. The second kappa shape index (κ2) is 11.4. The summed E-state index contributed by atoms with van der Waals surface area (Å²) >= 11 is 0. The van der Waals surface area contributed by atoms with Gasteiger partial charge in [0.25, 0.3) is 0 Å². The van der Waals surface area contributed by atoms with E-state index in [0.717, 1.165) is 51.5 Å². The highest BCUT2D eigenvalue weighted by Crippen LogP contribution is 2.30. The highest BCUT2D eigenvalue weighted by Gasteiger charge is 2.29. The molecular weight excluding hydrogens is 548 g/mol. The highest BCUT2D eigenvalue weighted by atomic mass is 19.4. The smallest absolute Gasteiger partial charge is 0.383 e. The van der Waals surface area contributed by atoms with Crippen LogP contribution < -0.4 is 11.2 Å². The standard InChI is InChI=1S/C32H24F4N4O2/c1-19-12-23(10-11-38-19)24-14-26(31(37)39-15-24)21-4-2-20(3-5-21)13-29(41)28-17-40(18-32(34,35)36)16-27(30(28)42)22-6-8-25(33)9-7-22/h2-12,14-17H,13,18H2,1H3,(H2,37,39). The number of aryl methyl sites for hydroxylation is 1. The number of aromatic nitrogens is 3. The monoisotopic (exact) mass is 572 g/mol. The number of carbonyl (C=O) groups excluding carboxylic acids is 1. The van der Waals surface area contributed by atoms with Gasteiger partial charge in [-0.15, -0.1) is 0 Å². The number of alkyl halides is 3. The number of anilines is 1. The number of ketones is 1. The molecule has 0 radical (unpaired) electrons. The van der Waals surface area contributed by atoms with Crippen molar-refractivity contribution in [3.05, 3.63) is 124 Å². The summed E-state index contributed by atoms with van der Waals surface area (Å²) < 4.78 is 53.8. The molecular formula is C32H24F4N4O2. The van der Waals surface area contributed by atoms with Crippen LogP contribution in [-0.2, 0) is 13.0 Å². The number of nitrogens with zero attached hydrogens (tertiary/aromatic N) is 3. The Labute approximate surface area is 238 Å². The summed E-state index contributed by atoms with van der Waals surface area (Å²) in [5.41, 5.74) is 9.70. The molecule has 0 saturated carbocycles. The summed E-state index contributed by atoms with van der Waals surface area (Å²) in [6.07, 6.45) is 0.507. The molecule has 3 aromatic heterocycles. The molecule has 3 heterocycles. The van der Waals surface area contributed by atoms with Gasteiger partial charge in [0.2, 0.25) is 0 Å². The fourth-order valence-electron chi connectivity index (χ4n) is 4.64. The molecule has 6 nitrogen and oxygen atoms in total. The zero-order chi connectivity index (χ0) is 30.0. The van der Waals surface area contributed by atoms with Crippen LogP contribution in [0.3, 0.4) is 0 Å². The average Bonchev–Trinajstić information content (AvgIpc) is 2.94. The predicted molar refractivity (Wildman–Crippen MR) is 152 cm³/mol. The minimum atomic E-state index is -4.59. The minimum Gasteiger partial charge on any atom is -0.383 e. The van der Waals surface area contributed by atoms with Crippen LogP contribution in [0.1, 0.15) is 21.6 Å². The maximum atomic E-state index is 13.4. The maximum Gasteiger partial charge on any atom is 0.406 e. The van der Waals surface area contributed by atoms with Crippen molar-refractivity contribution in [1.82, 2.24) is 14.5 Å². The lowest BCUT2D eigenvalue weighted by atomic mass is 9.97. The quantitative estimate of drug-likeness (QED) is 0.174. The topological polar surface area (TPSA) is 90.9 Å². The normalized spacial score (nSPS) is 11.5. The molecule has 0 amide bonds. The lowest BCUT2D eigenvalue weighted by Gasteiger charge is -2.14. The van der Waals surface area contributed by atoms with Gasteiger partial charge in [-0.25, -0.2) is 9.37 Å². The van der Waals surface area contributed by atoms with Crippen molar-refractivity contribution in [2.45, 2.75) is 26.1 Å². The van der Waals surface area contributed by atoms with Gasteiger partial charge in [0.1, 0.15) is 18.2 Å². The predicted octanol–water partition coefficient (Wildman–Crippen LogP) is 6.66. The van der Waals surface area contributed by atoms with Gasteiger partial charge in [0.15, 0.2) is 11.2 Å². The van der Waals surface area contributed by atoms with Gasteiger partial charge in [0, 0.05) is 53.6 Å². The zero-order valence-corrected chi connectivity index (χ0v) is 22.3. The third-order valence-electron chi connectivity index (χ3n) is 6.67. The van der Waals surface area contributed by atoms with E-state index in [0.29, 0.717) is 16.9 Å². The number of hydrogen-bond acceptors (Lipinski definition) is 5. The van der Waals surface area contributed by atoms with E-state index in [2.05, 4.69) is 9.97 Å². The molecule has 0 saturated heterocycles. The first-order chi connectivity index (χ1) is 20.0. The number of nitrogens with two attached hydrogens (primary N) is 1. The Bertz CT molecular complexity index is 1830. The molecule has 2 aromatic carbocycles. The van der Waals surface area contributed by atoms with Crippen LogP contribution in [0.15, 0.2) is 96.3 Å². The van der Waals surface area contributed by atoms with Gasteiger partial charge in [-0.2, -0.15) is 13.2 Å². The lowest BCUT2D eigenvalue weighted by Crippen LogP contribution is -2.24. The minimum absolute atomic E-state index is 0.132. The van der Waals surface area contributed by atoms with Gasteiger partial charge in [0.05, 0.1) is 5.56 Å². The van der Waals surface area contributed by atoms with E-state index in [1.165, 1.54) is 12.1 Å². The number of nitrogen functional groups attached to an aromatic ring is 1. The van der Waals surface area contributed by atoms with E-state index in [1.54, 1.807) is 36.7 Å². The Hall–Kier alpha value is -5.12. The summed E-state index contributed by atoms with van der Waals surface area (Å²) in [4.78, 5) is 35.0. The second-order valence-electron chi connectivity index (χ2n) is 9.85. The van der Waals surface area contributed by atoms with E-state index in [-0.39, 0.29) is 23.1 Å². The summed E-state index contributed by atoms with van der Waals surface area (Å²) in [6.45, 7) is 0.490. The summed E-state index contributed by atoms with van der Waals surface area (Å²) in [6, 6.07) is 17.3. The summed E-state index contributed by atoms with van der Waals surface area (Å²) in [5.74, 6) is -0.901. The van der Waals surface area contributed by atoms with Crippen LogP contribution in [0, 0.1) is 12.7 Å². The molecule has 0 aliphatic rings. The molecule has 42 heavy (non-hydrogen) atoms. The largest absolute Gasteiger partial charge is 0.406 e. The molecule has 0 unspecified atom stereocenters. The molecule has 0 aliphatic heterocycles. The first kappa shape index (κ1) is 28.4. The van der Waals surface area contributed by atoms with E-state index in [9.17, 15) is 27.2 Å². The molecule has 10 heteroatoms. The van der Waals surface area contributed by atoms with Gasteiger partial charge in [-0.3, -0.25) is 14.6 Å². The Morgan fingerprint density at radius 1 is 0.857 bits per heavy atom. The van der Waals surface area contributed by atoms with Crippen molar-refractivity contribution in [1.29, 1.82) is 0 Å². The second-order valence-corrected chi connectivity index (χ2v) is 9.85. The SMILES string of the molecule is Cc1cc(-c2cnc(N)c(-c3ccc(CC(=O)c4cn(CC(F)(F)F)cc(-c5ccc(F)cc5)c4=O)cc3)c2)ccn1. The van der Waals surface area contributed by atoms with Crippen LogP contribution in [0.5, 0.6) is 0 Å². The van der Waals surface area contributed by atoms with Crippen LogP contribution >= 0.6 is 0 Å². The van der Waals surface area contributed by atoms with Crippen molar-refractivity contribution in [2.24, 2.45) is 0 Å². The van der Waals surface area contributed by atoms with Crippen LogP contribution in [0.2, 0.25) is 0 Å². The Morgan fingerprint density at radius 2 is 1.52 bits per heavy atom. The molecule has 5 rings (SSSR count). The maximum absolute atomic E-state index is 13.4. The molecule has 0 atom stereocenters. The number of halogens is 4. The first-order valence-corrected chi connectivity index (χ1v) is 12.8. The third kappa shape index (κ3) is 6.43. The fraction of sp³-hybridized carbons (Fsp3) is 0.125. The van der Waals surface area contributed by atoms with Gasteiger partial charge in [-0.1, -0.05) is 36.4 Å². The zero-order valence-electron chi connectivity index (χ0n) is 22.3. The van der Waals surface area contributed by atoms with Crippen molar-refractivity contribution in [3.63, 3.8) is 0 Å². The van der Waals surface area contributed by atoms with Crippen LogP contribution in [-0.4, -0.2) is 26.5 Å². The van der Waals surface area contributed by atoms with Gasteiger partial charge < -0.3 is 10.3 Å². The van der Waals surface area contributed by atoms with E-state index >= 15 is 0 Å². The average molecular weight is 573 g/mol. The highest BCUT2D eigenvalue weighted by molar-refractivity contribution is 5.98. The first-order valence-electron chi connectivity index (χ1n) is 12.8. The van der Waals surface area contributed by atoms with E-state index in [4.69, 9.17) is 5.73 Å². The Kier molecular flexibility index (Phi) is 7.71. The van der Waals surface area contributed by atoms with Gasteiger partial charge in [-0.05, 0) is 59.5 Å². The number of carbonyl (C=O) groups is 1. The number of Topliss-reactive ketones (excluding diaryl/α,β-unsaturated/α-hetero) is 1. The van der Waals surface area contributed by atoms with Crippen molar-refractivity contribution in [2.75, 3.05) is 5.73 Å². The molecule has 5 aromatic rings. The summed E-state index contributed by atoms with van der Waals surface area (Å²) in [5, 5.41) is 0. The van der Waals surface area contributed by atoms with Gasteiger partial charge >= 0.3 is 6.18 Å². The fourth-order valence-corrected chi connectivity index (χ4v) is 4.64. The lowest BCUT2D eigenvalue weighted by molar-refractivity contribution is -0.140. The molecule has 0 fully saturated rings. The van der Waals surface area contributed by atoms with Crippen LogP contribution in [0.25, 0.3) is 33.4 Å². The summed E-state index contributed by atoms with van der Waals surface area (Å²) in [7, 11) is 0. The molecule has 212 valence electrons. The molecule has 2 N–H and O–H groups in total. The van der Waals surface area contributed by atoms with Crippen molar-refractivity contribution in [3.8, 4) is 33.4 Å². The van der Waals surface area contributed by atoms with Crippen LogP contribution in [0.4, 0.5) is 23.4 Å². The molecule has 0 aliphatic carbocycles. The third-order valence-corrected chi connectivity index (χ3v) is 6.67. The Morgan fingerprint density at radius 3 is 2.19 bits per heavy atom. The number of pyridine rings is 3. The van der Waals surface area contributed by atoms with Crippen molar-refractivity contribution < 1.29 is 22.4 Å². The molecule has 0 spiro atoms. The number of hydrogen-bond donors (Lipinski definition) is 1. The number of rotatable bonds is 7. The molecule has 0 bridgehead atoms. The van der Waals surface area contributed by atoms with E-state index < -0.39 is 29.8 Å². The van der Waals surface area contributed by atoms with Crippen molar-refractivity contribution >= 4 is 11.6 Å².